The van der Waals surface area contributed by atoms with E-state index < -0.39 is 5.25 Å². The van der Waals surface area contributed by atoms with Crippen LogP contribution in [0, 0.1) is 0 Å². The van der Waals surface area contributed by atoms with Crippen molar-refractivity contribution in [2.24, 2.45) is 4.99 Å². The van der Waals surface area contributed by atoms with Gasteiger partial charge in [-0.1, -0.05) is 35.0 Å². The molecule has 1 aromatic rings. The second-order valence-corrected chi connectivity index (χ2v) is 6.69. The van der Waals surface area contributed by atoms with E-state index in [1.54, 1.807) is 37.2 Å². The molecule has 2 rings (SSSR count). The van der Waals surface area contributed by atoms with Gasteiger partial charge in [0.05, 0.1) is 0 Å². The monoisotopic (exact) mass is 345 g/mol. The third-order valence-electron chi connectivity index (χ3n) is 2.63. The maximum absolute atomic E-state index is 12.0. The minimum atomic E-state index is -0.489. The van der Waals surface area contributed by atoms with E-state index >= 15 is 0 Å². The highest BCUT2D eigenvalue weighted by Gasteiger charge is 2.31. The van der Waals surface area contributed by atoms with E-state index in [1.165, 1.54) is 11.8 Å². The van der Waals surface area contributed by atoms with Gasteiger partial charge in [-0.25, -0.2) is 0 Å². The molecule has 1 aromatic carbocycles. The number of carbonyl (C=O) groups is 2. The molecule has 0 bridgehead atoms. The summed E-state index contributed by atoms with van der Waals surface area (Å²) in [6, 6.07) is 4.76. The Morgan fingerprint density at radius 1 is 1.33 bits per heavy atom. The molecule has 1 atom stereocenters. The summed E-state index contributed by atoms with van der Waals surface area (Å²) < 4.78 is 0. The van der Waals surface area contributed by atoms with Gasteiger partial charge < -0.3 is 10.2 Å². The lowest BCUT2D eigenvalue weighted by atomic mass is 10.2. The lowest BCUT2D eigenvalue weighted by Gasteiger charge is -2.12. The lowest BCUT2D eigenvalue weighted by Crippen LogP contribution is -2.22. The van der Waals surface area contributed by atoms with Crippen LogP contribution in [0.2, 0.25) is 10.0 Å². The zero-order valence-electron chi connectivity index (χ0n) is 11.4. The van der Waals surface area contributed by atoms with Crippen LogP contribution in [0.15, 0.2) is 23.2 Å². The van der Waals surface area contributed by atoms with Crippen LogP contribution < -0.4 is 5.32 Å². The molecule has 8 heteroatoms. The number of amidine groups is 1. The van der Waals surface area contributed by atoms with Crippen LogP contribution in [0.25, 0.3) is 0 Å². The summed E-state index contributed by atoms with van der Waals surface area (Å²) in [4.78, 5) is 29.4. The topological polar surface area (TPSA) is 61.8 Å². The molecule has 112 valence electrons. The molecule has 2 amide bonds. The zero-order valence-corrected chi connectivity index (χ0v) is 13.7. The molecule has 1 aliphatic rings. The average molecular weight is 346 g/mol. The molecular formula is C13H13Cl2N3O2S. The fourth-order valence-corrected chi connectivity index (χ4v) is 3.23. The summed E-state index contributed by atoms with van der Waals surface area (Å²) in [5.41, 5.74) is 0.502. The molecule has 1 aliphatic heterocycles. The summed E-state index contributed by atoms with van der Waals surface area (Å²) in [5, 5.41) is 3.67. The highest BCUT2D eigenvalue weighted by atomic mass is 35.5. The van der Waals surface area contributed by atoms with E-state index in [1.807, 2.05) is 0 Å². The molecule has 0 fully saturated rings. The van der Waals surface area contributed by atoms with Crippen LogP contribution in [0.4, 0.5) is 5.69 Å². The molecule has 21 heavy (non-hydrogen) atoms. The van der Waals surface area contributed by atoms with Crippen molar-refractivity contribution in [3.63, 3.8) is 0 Å². The quantitative estimate of drug-likeness (QED) is 0.914. The molecule has 1 N–H and O–H groups in total. The molecule has 1 unspecified atom stereocenters. The number of benzene rings is 1. The van der Waals surface area contributed by atoms with Gasteiger partial charge in [-0.2, -0.15) is 4.99 Å². The van der Waals surface area contributed by atoms with Gasteiger partial charge in [-0.15, -0.1) is 0 Å². The van der Waals surface area contributed by atoms with Crippen LogP contribution in [0.5, 0.6) is 0 Å². The highest BCUT2D eigenvalue weighted by molar-refractivity contribution is 8.15. The van der Waals surface area contributed by atoms with Crippen molar-refractivity contribution >= 4 is 57.6 Å². The summed E-state index contributed by atoms with van der Waals surface area (Å²) >= 11 is 13.0. The smallest absolute Gasteiger partial charge is 0.262 e. The van der Waals surface area contributed by atoms with Crippen LogP contribution in [0.3, 0.4) is 0 Å². The molecule has 0 aromatic heterocycles. The second-order valence-electron chi connectivity index (χ2n) is 4.64. The number of carbonyl (C=O) groups excluding carboxylic acids is 2. The number of halogens is 2. The van der Waals surface area contributed by atoms with Gasteiger partial charge in [0.25, 0.3) is 5.91 Å². The van der Waals surface area contributed by atoms with E-state index in [2.05, 4.69) is 10.3 Å². The van der Waals surface area contributed by atoms with E-state index in [9.17, 15) is 9.59 Å². The van der Waals surface area contributed by atoms with Crippen molar-refractivity contribution in [1.82, 2.24) is 4.90 Å². The Kier molecular flexibility index (Phi) is 5.13. The van der Waals surface area contributed by atoms with Gasteiger partial charge in [-0.05, 0) is 18.2 Å². The average Bonchev–Trinajstić information content (AvgIpc) is 2.69. The van der Waals surface area contributed by atoms with Crippen molar-refractivity contribution in [1.29, 1.82) is 0 Å². The first-order valence-electron chi connectivity index (χ1n) is 6.07. The number of aliphatic imine (C=N–C) groups is 1. The SMILES string of the molecule is CN(C)C1=NC(=O)C(CC(=O)Nc2cc(Cl)cc(Cl)c2)S1. The maximum atomic E-state index is 12.0. The molecule has 0 radical (unpaired) electrons. The summed E-state index contributed by atoms with van der Waals surface area (Å²) in [6.07, 6.45) is 0.0501. The largest absolute Gasteiger partial charge is 0.357 e. The molecule has 0 aliphatic carbocycles. The number of nitrogens with one attached hydrogen (secondary N) is 1. The number of hydrogen-bond acceptors (Lipinski definition) is 4. The predicted molar refractivity (Wildman–Crippen MR) is 87.2 cm³/mol. The van der Waals surface area contributed by atoms with Gasteiger partial charge in [0.15, 0.2) is 5.17 Å². The van der Waals surface area contributed by atoms with E-state index in [-0.39, 0.29) is 18.2 Å². The molecule has 1 heterocycles. The number of rotatable bonds is 3. The molecular weight excluding hydrogens is 333 g/mol. The van der Waals surface area contributed by atoms with Crippen LogP contribution >= 0.6 is 35.0 Å². The van der Waals surface area contributed by atoms with Crippen molar-refractivity contribution in [3.8, 4) is 0 Å². The predicted octanol–water partition coefficient (Wildman–Crippen LogP) is 2.88. The number of nitrogens with zero attached hydrogens (tertiary/aromatic N) is 2. The lowest BCUT2D eigenvalue weighted by molar-refractivity contribution is -0.121. The number of anilines is 1. The molecule has 0 spiro atoms. The third kappa shape index (κ3) is 4.36. The Bertz CT molecular complexity index is 599. The number of amides is 2. The van der Waals surface area contributed by atoms with Crippen LogP contribution in [0.1, 0.15) is 6.42 Å². The number of hydrogen-bond donors (Lipinski definition) is 1. The Morgan fingerprint density at radius 3 is 2.48 bits per heavy atom. The minimum absolute atomic E-state index is 0.0501. The standard InChI is InChI=1S/C13H13Cl2N3O2S/c1-18(2)13-17-12(20)10(21-13)6-11(19)16-9-4-7(14)3-8(15)5-9/h3-5,10H,6H2,1-2H3,(H,16,19). The Balaban J connectivity index is 1.95. The highest BCUT2D eigenvalue weighted by Crippen LogP contribution is 2.27. The van der Waals surface area contributed by atoms with Crippen molar-refractivity contribution in [2.75, 3.05) is 19.4 Å². The molecule has 5 nitrogen and oxygen atoms in total. The van der Waals surface area contributed by atoms with E-state index in [0.717, 1.165) is 0 Å². The van der Waals surface area contributed by atoms with Crippen molar-refractivity contribution < 1.29 is 9.59 Å². The van der Waals surface area contributed by atoms with Crippen LogP contribution in [-0.2, 0) is 9.59 Å². The Hall–Kier alpha value is -1.24. The van der Waals surface area contributed by atoms with Gasteiger partial charge in [0.2, 0.25) is 5.91 Å². The third-order valence-corrected chi connectivity index (χ3v) is 4.39. The fourth-order valence-electron chi connectivity index (χ4n) is 1.71. The maximum Gasteiger partial charge on any atom is 0.262 e. The van der Waals surface area contributed by atoms with Gasteiger partial charge in [-0.3, -0.25) is 9.59 Å². The normalized spacial score (nSPS) is 17.6. The van der Waals surface area contributed by atoms with E-state index in [4.69, 9.17) is 23.2 Å². The first kappa shape index (κ1) is 16.1. The molecule has 0 saturated carbocycles. The summed E-state index contributed by atoms with van der Waals surface area (Å²) in [7, 11) is 3.60. The fraction of sp³-hybridized carbons (Fsp3) is 0.308. The summed E-state index contributed by atoms with van der Waals surface area (Å²) in [5.74, 6) is -0.572. The Morgan fingerprint density at radius 2 is 1.95 bits per heavy atom. The van der Waals surface area contributed by atoms with E-state index in [0.29, 0.717) is 20.9 Å². The molecule has 0 saturated heterocycles. The van der Waals surface area contributed by atoms with Gasteiger partial charge in [0, 0.05) is 36.2 Å². The second kappa shape index (κ2) is 6.68. The van der Waals surface area contributed by atoms with Crippen molar-refractivity contribution in [2.45, 2.75) is 11.7 Å². The minimum Gasteiger partial charge on any atom is -0.357 e. The van der Waals surface area contributed by atoms with Gasteiger partial charge >= 0.3 is 0 Å². The van der Waals surface area contributed by atoms with Gasteiger partial charge in [0.1, 0.15) is 5.25 Å². The first-order valence-corrected chi connectivity index (χ1v) is 7.71. The summed E-state index contributed by atoms with van der Waals surface area (Å²) in [6.45, 7) is 0. The van der Waals surface area contributed by atoms with Crippen molar-refractivity contribution in [3.05, 3.63) is 28.2 Å². The Labute approximate surface area is 136 Å². The van der Waals surface area contributed by atoms with Crippen LogP contribution in [-0.4, -0.2) is 41.2 Å². The number of thioether (sulfide) groups is 1. The first-order chi connectivity index (χ1) is 9.85. The zero-order chi connectivity index (χ0) is 15.6.